The van der Waals surface area contributed by atoms with E-state index in [2.05, 4.69) is 36.4 Å². The van der Waals surface area contributed by atoms with Gasteiger partial charge < -0.3 is 10.6 Å². The third-order valence-corrected chi connectivity index (χ3v) is 3.75. The molecule has 2 rings (SSSR count). The zero-order valence-electron chi connectivity index (χ0n) is 16.3. The summed E-state index contributed by atoms with van der Waals surface area (Å²) in [5.41, 5.74) is 2.20. The fourth-order valence-electron chi connectivity index (χ4n) is 2.36. The molecular weight excluding hydrogens is 326 g/mol. The van der Waals surface area contributed by atoms with E-state index in [-0.39, 0.29) is 28.5 Å². The van der Waals surface area contributed by atoms with Crippen molar-refractivity contribution in [3.8, 4) is 0 Å². The summed E-state index contributed by atoms with van der Waals surface area (Å²) in [5, 5.41) is 5.69. The van der Waals surface area contributed by atoms with Crippen molar-refractivity contribution < 1.29 is 9.59 Å². The van der Waals surface area contributed by atoms with Crippen LogP contribution in [0.4, 0.5) is 5.69 Å². The number of hydrogen-bond acceptors (Lipinski definition) is 3. The van der Waals surface area contributed by atoms with Crippen LogP contribution in [0.5, 0.6) is 0 Å². The molecular formula is C21H27N3O2. The van der Waals surface area contributed by atoms with Crippen LogP contribution in [0, 0.1) is 0 Å². The molecule has 0 aliphatic rings. The number of hydrogen-bond donors (Lipinski definition) is 2. The highest BCUT2D eigenvalue weighted by Gasteiger charge is 2.18. The molecule has 5 heteroatoms. The Morgan fingerprint density at radius 3 is 2.04 bits per heavy atom. The standard InChI is InChI=1S/C21H27N3O2/c1-20(2,3)15-7-9-16(10-8-15)23-18(25)14-11-12-22-17(13-14)19(26)24-21(4,5)6/h7-13H,1-6H3,(H,23,25)(H,24,26). The molecule has 0 atom stereocenters. The van der Waals surface area contributed by atoms with E-state index in [9.17, 15) is 9.59 Å². The fourth-order valence-corrected chi connectivity index (χ4v) is 2.36. The quantitative estimate of drug-likeness (QED) is 0.870. The maximum absolute atomic E-state index is 12.5. The second-order valence-corrected chi connectivity index (χ2v) is 8.42. The van der Waals surface area contributed by atoms with Crippen molar-refractivity contribution in [2.24, 2.45) is 0 Å². The largest absolute Gasteiger partial charge is 0.346 e. The van der Waals surface area contributed by atoms with E-state index in [1.807, 2.05) is 45.0 Å². The van der Waals surface area contributed by atoms with E-state index >= 15 is 0 Å². The summed E-state index contributed by atoms with van der Waals surface area (Å²) in [4.78, 5) is 28.8. The first-order valence-corrected chi connectivity index (χ1v) is 8.66. The predicted octanol–water partition coefficient (Wildman–Crippen LogP) is 4.16. The Morgan fingerprint density at radius 2 is 1.50 bits per heavy atom. The van der Waals surface area contributed by atoms with E-state index < -0.39 is 0 Å². The number of pyridine rings is 1. The van der Waals surface area contributed by atoms with Gasteiger partial charge in [-0.15, -0.1) is 0 Å². The number of aromatic nitrogens is 1. The number of anilines is 1. The lowest BCUT2D eigenvalue weighted by Gasteiger charge is -2.20. The van der Waals surface area contributed by atoms with Gasteiger partial charge in [0.15, 0.2) is 0 Å². The molecule has 0 unspecified atom stereocenters. The number of amides is 2. The van der Waals surface area contributed by atoms with Gasteiger partial charge in [-0.1, -0.05) is 32.9 Å². The molecule has 2 amide bonds. The lowest BCUT2D eigenvalue weighted by atomic mass is 9.87. The van der Waals surface area contributed by atoms with Crippen LogP contribution in [-0.4, -0.2) is 22.3 Å². The monoisotopic (exact) mass is 353 g/mol. The Balaban J connectivity index is 2.13. The van der Waals surface area contributed by atoms with Gasteiger partial charge in [0.25, 0.3) is 11.8 Å². The van der Waals surface area contributed by atoms with Gasteiger partial charge in [0.05, 0.1) is 0 Å². The van der Waals surface area contributed by atoms with E-state index in [1.165, 1.54) is 17.8 Å². The normalized spacial score (nSPS) is 11.8. The van der Waals surface area contributed by atoms with Crippen LogP contribution in [-0.2, 0) is 5.41 Å². The molecule has 0 spiro atoms. The SMILES string of the molecule is CC(C)(C)NC(=O)c1cc(C(=O)Nc2ccc(C(C)(C)C)cc2)ccn1. The molecule has 138 valence electrons. The Morgan fingerprint density at radius 1 is 0.885 bits per heavy atom. The minimum atomic E-state index is -0.369. The van der Waals surface area contributed by atoms with Crippen LogP contribution in [0.2, 0.25) is 0 Å². The Labute approximate surface area is 155 Å². The molecule has 0 saturated heterocycles. The Hall–Kier alpha value is -2.69. The lowest BCUT2D eigenvalue weighted by molar-refractivity contribution is 0.0914. The zero-order chi connectivity index (χ0) is 19.5. The fraction of sp³-hybridized carbons (Fsp3) is 0.381. The third kappa shape index (κ3) is 5.41. The van der Waals surface area contributed by atoms with Gasteiger partial charge in [0.2, 0.25) is 0 Å². The average molecular weight is 353 g/mol. The minimum absolute atomic E-state index is 0.0585. The summed E-state index contributed by atoms with van der Waals surface area (Å²) in [6, 6.07) is 10.9. The van der Waals surface area contributed by atoms with Gasteiger partial charge in [0.1, 0.15) is 5.69 Å². The molecule has 0 aliphatic carbocycles. The molecule has 1 aromatic heterocycles. The van der Waals surface area contributed by atoms with E-state index in [4.69, 9.17) is 0 Å². The van der Waals surface area contributed by atoms with Crippen LogP contribution >= 0.6 is 0 Å². The molecule has 2 aromatic rings. The highest BCUT2D eigenvalue weighted by atomic mass is 16.2. The first kappa shape index (κ1) is 19.6. The van der Waals surface area contributed by atoms with Crippen molar-refractivity contribution in [3.63, 3.8) is 0 Å². The summed E-state index contributed by atoms with van der Waals surface area (Å²) < 4.78 is 0. The summed E-state index contributed by atoms with van der Waals surface area (Å²) in [7, 11) is 0. The summed E-state index contributed by atoms with van der Waals surface area (Å²) >= 11 is 0. The number of carbonyl (C=O) groups excluding carboxylic acids is 2. The predicted molar refractivity (Wildman–Crippen MR) is 105 cm³/mol. The maximum atomic E-state index is 12.5. The van der Waals surface area contributed by atoms with Crippen molar-refractivity contribution in [1.82, 2.24) is 10.3 Å². The van der Waals surface area contributed by atoms with Gasteiger partial charge >= 0.3 is 0 Å². The number of benzene rings is 1. The van der Waals surface area contributed by atoms with Crippen molar-refractivity contribution in [3.05, 3.63) is 59.4 Å². The molecule has 1 heterocycles. The van der Waals surface area contributed by atoms with Crippen LogP contribution in [0.25, 0.3) is 0 Å². The smallest absolute Gasteiger partial charge is 0.270 e. The van der Waals surface area contributed by atoms with Gasteiger partial charge in [-0.25, -0.2) is 0 Å². The minimum Gasteiger partial charge on any atom is -0.346 e. The van der Waals surface area contributed by atoms with Crippen LogP contribution in [0.15, 0.2) is 42.6 Å². The summed E-state index contributed by atoms with van der Waals surface area (Å²) in [6.45, 7) is 12.1. The van der Waals surface area contributed by atoms with E-state index in [0.29, 0.717) is 11.3 Å². The van der Waals surface area contributed by atoms with Crippen LogP contribution in [0.1, 0.15) is 68.0 Å². The second-order valence-electron chi connectivity index (χ2n) is 8.42. The third-order valence-electron chi connectivity index (χ3n) is 3.75. The summed E-state index contributed by atoms with van der Waals surface area (Å²) in [5.74, 6) is -0.581. The van der Waals surface area contributed by atoms with Gasteiger partial charge in [-0.3, -0.25) is 14.6 Å². The van der Waals surface area contributed by atoms with Gasteiger partial charge in [-0.05, 0) is 56.0 Å². The maximum Gasteiger partial charge on any atom is 0.270 e. The number of rotatable bonds is 3. The Kier molecular flexibility index (Phi) is 5.50. The lowest BCUT2D eigenvalue weighted by Crippen LogP contribution is -2.41. The molecule has 2 N–H and O–H groups in total. The Bertz CT molecular complexity index is 797. The van der Waals surface area contributed by atoms with Crippen LogP contribution in [0.3, 0.4) is 0 Å². The van der Waals surface area contributed by atoms with Gasteiger partial charge in [0, 0.05) is 23.0 Å². The van der Waals surface area contributed by atoms with Crippen molar-refractivity contribution in [1.29, 1.82) is 0 Å². The first-order valence-electron chi connectivity index (χ1n) is 8.66. The second kappa shape index (κ2) is 7.28. The number of nitrogens with one attached hydrogen (secondary N) is 2. The van der Waals surface area contributed by atoms with Crippen molar-refractivity contribution >= 4 is 17.5 Å². The molecule has 0 fully saturated rings. The molecule has 0 bridgehead atoms. The highest BCUT2D eigenvalue weighted by molar-refractivity contribution is 6.05. The van der Waals surface area contributed by atoms with E-state index in [1.54, 1.807) is 6.07 Å². The van der Waals surface area contributed by atoms with Crippen LogP contribution < -0.4 is 10.6 Å². The average Bonchev–Trinajstić information content (AvgIpc) is 2.53. The number of nitrogens with zero attached hydrogens (tertiary/aromatic N) is 1. The van der Waals surface area contributed by atoms with E-state index in [0.717, 1.165) is 0 Å². The molecule has 26 heavy (non-hydrogen) atoms. The topological polar surface area (TPSA) is 71.1 Å². The zero-order valence-corrected chi connectivity index (χ0v) is 16.3. The number of carbonyl (C=O) groups is 2. The molecule has 0 radical (unpaired) electrons. The molecule has 1 aromatic carbocycles. The highest BCUT2D eigenvalue weighted by Crippen LogP contribution is 2.23. The molecule has 0 aliphatic heterocycles. The molecule has 5 nitrogen and oxygen atoms in total. The van der Waals surface area contributed by atoms with Gasteiger partial charge in [-0.2, -0.15) is 0 Å². The molecule has 0 saturated carbocycles. The summed E-state index contributed by atoms with van der Waals surface area (Å²) in [6.07, 6.45) is 1.47. The van der Waals surface area contributed by atoms with Crippen molar-refractivity contribution in [2.45, 2.75) is 52.5 Å². The van der Waals surface area contributed by atoms with Crippen molar-refractivity contribution in [2.75, 3.05) is 5.32 Å². The first-order chi connectivity index (χ1) is 12.0.